The molecule has 1 amide bonds. The highest BCUT2D eigenvalue weighted by molar-refractivity contribution is 5.77. The zero-order chi connectivity index (χ0) is 18.0. The van der Waals surface area contributed by atoms with Crippen molar-refractivity contribution >= 4 is 17.1 Å². The van der Waals surface area contributed by atoms with Crippen LogP contribution in [0.2, 0.25) is 0 Å². The molecule has 0 saturated carbocycles. The summed E-state index contributed by atoms with van der Waals surface area (Å²) in [6.45, 7) is 7.40. The molecule has 0 radical (unpaired) electrons. The number of rotatable bonds is 6. The molecule has 0 aromatic carbocycles. The quantitative estimate of drug-likeness (QED) is 0.799. The lowest BCUT2D eigenvalue weighted by Crippen LogP contribution is -2.29. The van der Waals surface area contributed by atoms with E-state index in [1.807, 2.05) is 23.7 Å². The lowest BCUT2D eigenvalue weighted by molar-refractivity contribution is -0.130. The smallest absolute Gasteiger partial charge is 0.222 e. The first-order valence-corrected chi connectivity index (χ1v) is 9.05. The zero-order valence-corrected chi connectivity index (χ0v) is 15.6. The van der Waals surface area contributed by atoms with Crippen molar-refractivity contribution in [3.8, 4) is 0 Å². The molecule has 0 spiro atoms. The van der Waals surface area contributed by atoms with Crippen LogP contribution in [0.25, 0.3) is 11.2 Å². The van der Waals surface area contributed by atoms with Crippen molar-refractivity contribution in [2.45, 2.75) is 39.2 Å². The molecule has 3 heterocycles. The maximum atomic E-state index is 12.3. The Morgan fingerprint density at radius 3 is 2.80 bits per heavy atom. The molecule has 25 heavy (non-hydrogen) atoms. The molecule has 1 aliphatic heterocycles. The molecule has 7 nitrogen and oxygen atoms in total. The minimum absolute atomic E-state index is 0.246. The summed E-state index contributed by atoms with van der Waals surface area (Å²) >= 11 is 0. The number of likely N-dealkylation sites (tertiary alicyclic amines) is 1. The van der Waals surface area contributed by atoms with Crippen LogP contribution in [-0.2, 0) is 11.3 Å². The molecule has 0 bridgehead atoms. The molecule has 1 fully saturated rings. The summed E-state index contributed by atoms with van der Waals surface area (Å²) < 4.78 is 1.95. The van der Waals surface area contributed by atoms with Crippen molar-refractivity contribution in [2.75, 3.05) is 33.7 Å². The van der Waals surface area contributed by atoms with Gasteiger partial charge in [-0.1, -0.05) is 13.8 Å². The van der Waals surface area contributed by atoms with Crippen LogP contribution in [0.1, 0.15) is 38.3 Å². The zero-order valence-electron chi connectivity index (χ0n) is 15.6. The lowest BCUT2D eigenvalue weighted by atomic mass is 10.0. The summed E-state index contributed by atoms with van der Waals surface area (Å²) in [5, 5.41) is 4.83. The molecule has 2 aromatic heterocycles. The second-order valence-corrected chi connectivity index (χ2v) is 7.56. The number of likely N-dealkylation sites (N-methyl/N-ethyl adjacent to an activating group) is 1. The molecular weight excluding hydrogens is 316 g/mol. The average Bonchev–Trinajstić information content (AvgIpc) is 3.17. The van der Waals surface area contributed by atoms with Crippen LogP contribution in [0, 0.1) is 5.92 Å². The third kappa shape index (κ3) is 3.98. The minimum atomic E-state index is 0.246. The van der Waals surface area contributed by atoms with Gasteiger partial charge in [0.1, 0.15) is 5.52 Å². The van der Waals surface area contributed by atoms with Gasteiger partial charge in [-0.15, -0.1) is 0 Å². The fraction of sp³-hybridized carbons (Fsp3) is 0.667. The van der Waals surface area contributed by atoms with Crippen molar-refractivity contribution in [3.63, 3.8) is 0 Å². The van der Waals surface area contributed by atoms with Crippen LogP contribution < -0.4 is 0 Å². The second-order valence-electron chi connectivity index (χ2n) is 7.56. The summed E-state index contributed by atoms with van der Waals surface area (Å²) in [6, 6.07) is 0. The van der Waals surface area contributed by atoms with Crippen molar-refractivity contribution in [3.05, 3.63) is 18.1 Å². The Kier molecular flexibility index (Phi) is 5.32. The summed E-state index contributed by atoms with van der Waals surface area (Å²) in [5.41, 5.74) is 2.71. The van der Waals surface area contributed by atoms with Crippen LogP contribution in [-0.4, -0.2) is 69.2 Å². The van der Waals surface area contributed by atoms with Gasteiger partial charge < -0.3 is 9.80 Å². The number of fused-ring (bicyclic) bond motifs is 1. The summed E-state index contributed by atoms with van der Waals surface area (Å²) in [7, 11) is 4.10. The molecule has 136 valence electrons. The molecule has 1 saturated heterocycles. The molecule has 0 unspecified atom stereocenters. The first kappa shape index (κ1) is 17.8. The first-order valence-electron chi connectivity index (χ1n) is 9.05. The second kappa shape index (κ2) is 7.47. The number of aromatic nitrogens is 4. The van der Waals surface area contributed by atoms with Crippen LogP contribution in [0.5, 0.6) is 0 Å². The number of carbonyl (C=O) groups is 1. The van der Waals surface area contributed by atoms with E-state index in [9.17, 15) is 4.79 Å². The van der Waals surface area contributed by atoms with Gasteiger partial charge in [-0.2, -0.15) is 5.10 Å². The predicted molar refractivity (Wildman–Crippen MR) is 97.3 cm³/mol. The Bertz CT molecular complexity index is 738. The summed E-state index contributed by atoms with van der Waals surface area (Å²) in [5.74, 6) is 0.888. The van der Waals surface area contributed by atoms with Crippen molar-refractivity contribution in [1.82, 2.24) is 29.5 Å². The van der Waals surface area contributed by atoms with E-state index in [4.69, 9.17) is 5.10 Å². The topological polar surface area (TPSA) is 67.2 Å². The van der Waals surface area contributed by atoms with E-state index >= 15 is 0 Å². The maximum Gasteiger partial charge on any atom is 0.222 e. The van der Waals surface area contributed by atoms with Gasteiger partial charge >= 0.3 is 0 Å². The van der Waals surface area contributed by atoms with E-state index in [0.717, 1.165) is 49.5 Å². The van der Waals surface area contributed by atoms with Crippen LogP contribution >= 0.6 is 0 Å². The van der Waals surface area contributed by atoms with Gasteiger partial charge in [-0.3, -0.25) is 4.79 Å². The Labute approximate surface area is 149 Å². The highest BCUT2D eigenvalue weighted by atomic mass is 16.2. The van der Waals surface area contributed by atoms with Gasteiger partial charge in [-0.25, -0.2) is 14.6 Å². The van der Waals surface area contributed by atoms with E-state index < -0.39 is 0 Å². The molecule has 7 heteroatoms. The normalized spacial score (nSPS) is 18.0. The lowest BCUT2D eigenvalue weighted by Gasteiger charge is -2.17. The highest BCUT2D eigenvalue weighted by Crippen LogP contribution is 2.30. The largest absolute Gasteiger partial charge is 0.342 e. The third-order valence-electron chi connectivity index (χ3n) is 4.66. The van der Waals surface area contributed by atoms with Gasteiger partial charge in [-0.05, 0) is 26.4 Å². The van der Waals surface area contributed by atoms with E-state index in [2.05, 4.69) is 28.7 Å². The van der Waals surface area contributed by atoms with Crippen molar-refractivity contribution in [1.29, 1.82) is 0 Å². The summed E-state index contributed by atoms with van der Waals surface area (Å²) in [4.78, 5) is 25.5. The monoisotopic (exact) mass is 344 g/mol. The molecule has 3 rings (SSSR count). The molecule has 2 aromatic rings. The fourth-order valence-corrected chi connectivity index (χ4v) is 3.34. The molecule has 0 N–H and O–H groups in total. The van der Waals surface area contributed by atoms with Gasteiger partial charge in [0.2, 0.25) is 5.91 Å². The van der Waals surface area contributed by atoms with Crippen LogP contribution in [0.15, 0.2) is 12.4 Å². The average molecular weight is 344 g/mol. The van der Waals surface area contributed by atoms with Gasteiger partial charge in [0, 0.05) is 44.4 Å². The Morgan fingerprint density at radius 2 is 2.08 bits per heavy atom. The standard InChI is InChI=1S/C18H28N6O/c1-13(2)11-15(25)23-8-5-14(12-23)16-17-18(20-7-6-19-17)24(21-16)10-9-22(3)4/h6-7,13-14H,5,8-12H2,1-4H3/t14-/m1/s1. The Balaban J connectivity index is 1.81. The predicted octanol–water partition coefficient (Wildman–Crippen LogP) is 1.75. The Morgan fingerprint density at radius 1 is 1.32 bits per heavy atom. The van der Waals surface area contributed by atoms with E-state index in [-0.39, 0.29) is 11.8 Å². The van der Waals surface area contributed by atoms with E-state index in [1.165, 1.54) is 0 Å². The molecule has 1 atom stereocenters. The molecule has 0 aliphatic carbocycles. The van der Waals surface area contributed by atoms with Crippen LogP contribution in [0.3, 0.4) is 0 Å². The SMILES string of the molecule is CC(C)CC(=O)N1CC[C@@H](c2nn(CCN(C)C)c3nccnc23)C1. The van der Waals surface area contributed by atoms with Crippen molar-refractivity contribution < 1.29 is 4.79 Å². The van der Waals surface area contributed by atoms with Gasteiger partial charge in [0.15, 0.2) is 5.65 Å². The van der Waals surface area contributed by atoms with Crippen molar-refractivity contribution in [2.24, 2.45) is 5.92 Å². The third-order valence-corrected chi connectivity index (χ3v) is 4.66. The van der Waals surface area contributed by atoms with Gasteiger partial charge in [0.05, 0.1) is 12.2 Å². The minimum Gasteiger partial charge on any atom is -0.342 e. The maximum absolute atomic E-state index is 12.3. The molecular formula is C18H28N6O. The number of amides is 1. The number of hydrogen-bond acceptors (Lipinski definition) is 5. The number of carbonyl (C=O) groups excluding carboxylic acids is 1. The number of nitrogens with zero attached hydrogens (tertiary/aromatic N) is 6. The number of hydrogen-bond donors (Lipinski definition) is 0. The first-order chi connectivity index (χ1) is 12.0. The van der Waals surface area contributed by atoms with E-state index in [0.29, 0.717) is 12.3 Å². The highest BCUT2D eigenvalue weighted by Gasteiger charge is 2.31. The fourth-order valence-electron chi connectivity index (χ4n) is 3.34. The van der Waals surface area contributed by atoms with E-state index in [1.54, 1.807) is 12.4 Å². The van der Waals surface area contributed by atoms with Crippen LogP contribution in [0.4, 0.5) is 0 Å². The molecule has 1 aliphatic rings. The Hall–Kier alpha value is -2.02. The van der Waals surface area contributed by atoms with Gasteiger partial charge in [0.25, 0.3) is 0 Å². The summed E-state index contributed by atoms with van der Waals surface area (Å²) in [6.07, 6.45) is 5.00.